The third-order valence-corrected chi connectivity index (χ3v) is 10.3. The number of aliphatic hydroxyl groups is 6. The Kier molecular flexibility index (Phi) is 6.28. The SMILES string of the molecule is C=C(C[C@@H](O)[C@H](O)[C@H]1CC[C@@]2(O)C3=CC(=O)[C@@H]4C[C@@H](O)[C@@H](O)C[C@]4(C)[C@H]3CC[C@]12C)C(C)(C)O. The van der Waals surface area contributed by atoms with Gasteiger partial charge in [-0.25, -0.2) is 0 Å². The number of ketones is 1. The van der Waals surface area contributed by atoms with E-state index in [2.05, 4.69) is 6.58 Å². The molecule has 4 aliphatic carbocycles. The van der Waals surface area contributed by atoms with Crippen LogP contribution in [-0.4, -0.2) is 72.0 Å². The molecule has 0 aromatic heterocycles. The van der Waals surface area contributed by atoms with Crippen molar-refractivity contribution in [2.24, 2.45) is 28.6 Å². The molecule has 0 amide bonds. The summed E-state index contributed by atoms with van der Waals surface area (Å²) in [4.78, 5) is 13.2. The smallest absolute Gasteiger partial charge is 0.159 e. The molecule has 0 aromatic carbocycles. The summed E-state index contributed by atoms with van der Waals surface area (Å²) in [7, 11) is 0. The van der Waals surface area contributed by atoms with Crippen LogP contribution in [0.5, 0.6) is 0 Å². The van der Waals surface area contributed by atoms with E-state index >= 15 is 0 Å². The van der Waals surface area contributed by atoms with E-state index in [1.807, 2.05) is 13.8 Å². The number of rotatable bonds is 5. The van der Waals surface area contributed by atoms with E-state index in [1.165, 1.54) is 0 Å². The van der Waals surface area contributed by atoms with Gasteiger partial charge in [0.1, 0.15) is 0 Å². The summed E-state index contributed by atoms with van der Waals surface area (Å²) in [5, 5.41) is 64.9. The molecule has 4 aliphatic rings. The van der Waals surface area contributed by atoms with E-state index in [0.717, 1.165) is 0 Å². The quantitative estimate of drug-likeness (QED) is 0.330. The van der Waals surface area contributed by atoms with Crippen molar-refractivity contribution < 1.29 is 35.4 Å². The summed E-state index contributed by atoms with van der Waals surface area (Å²) in [5.74, 6) is -0.970. The minimum atomic E-state index is -1.29. The van der Waals surface area contributed by atoms with Gasteiger partial charge in [0, 0.05) is 11.3 Å². The second-order valence-electron chi connectivity index (χ2n) is 12.6. The molecule has 0 bridgehead atoms. The second-order valence-corrected chi connectivity index (χ2v) is 12.6. The molecule has 0 saturated heterocycles. The van der Waals surface area contributed by atoms with Gasteiger partial charge in [-0.05, 0) is 93.3 Å². The van der Waals surface area contributed by atoms with Crippen LogP contribution in [0.2, 0.25) is 0 Å². The Morgan fingerprint density at radius 1 is 1.15 bits per heavy atom. The Bertz CT molecular complexity index is 890. The van der Waals surface area contributed by atoms with E-state index in [-0.39, 0.29) is 36.4 Å². The number of fused-ring (bicyclic) bond motifs is 5. The molecule has 3 saturated carbocycles. The normalized spacial score (nSPS) is 46.1. The minimum Gasteiger partial charge on any atom is -0.390 e. The lowest BCUT2D eigenvalue weighted by Gasteiger charge is -2.60. The zero-order valence-electron chi connectivity index (χ0n) is 20.9. The first kappa shape index (κ1) is 26.0. The van der Waals surface area contributed by atoms with Gasteiger partial charge in [0.2, 0.25) is 0 Å². The predicted octanol–water partition coefficient (Wildman–Crippen LogP) is 1.63. The van der Waals surface area contributed by atoms with Gasteiger partial charge >= 0.3 is 0 Å². The lowest BCUT2D eigenvalue weighted by molar-refractivity contribution is -0.157. The summed E-state index contributed by atoms with van der Waals surface area (Å²) >= 11 is 0. The first-order chi connectivity index (χ1) is 15.6. The van der Waals surface area contributed by atoms with Crippen LogP contribution < -0.4 is 0 Å². The molecule has 7 nitrogen and oxygen atoms in total. The fourth-order valence-electron chi connectivity index (χ4n) is 7.85. The standard InChI is InChI=1S/C27H42O7/c1-14(24(2,3)33)10-21(30)23(32)16-7-9-27(34)17-11-19(28)18-12-20(29)22(31)13-25(18,4)15(17)6-8-26(16,27)5/h11,15-16,18,20-23,29-34H,1,6-10,12-13H2,2-5H3/t15-,16+,18-,20+,21+,22-,23+,25+,26+,27+/m0/s1. The molecular weight excluding hydrogens is 436 g/mol. The van der Waals surface area contributed by atoms with E-state index in [1.54, 1.807) is 19.9 Å². The number of allylic oxidation sites excluding steroid dienone is 1. The van der Waals surface area contributed by atoms with Crippen molar-refractivity contribution in [2.75, 3.05) is 0 Å². The van der Waals surface area contributed by atoms with Gasteiger partial charge in [-0.15, -0.1) is 0 Å². The summed E-state index contributed by atoms with van der Waals surface area (Å²) in [5.41, 5.74) is -2.62. The van der Waals surface area contributed by atoms with Gasteiger partial charge in [0.15, 0.2) is 5.78 Å². The molecule has 3 fully saturated rings. The van der Waals surface area contributed by atoms with Crippen molar-refractivity contribution in [1.29, 1.82) is 0 Å². The molecule has 10 atom stereocenters. The Morgan fingerprint density at radius 2 is 1.79 bits per heavy atom. The summed E-state index contributed by atoms with van der Waals surface area (Å²) in [6, 6.07) is 0. The highest BCUT2D eigenvalue weighted by Gasteiger charge is 2.67. The summed E-state index contributed by atoms with van der Waals surface area (Å²) in [6.07, 6.45) is 0.322. The molecule has 0 aliphatic heterocycles. The van der Waals surface area contributed by atoms with Gasteiger partial charge in [-0.2, -0.15) is 0 Å². The Balaban J connectivity index is 1.63. The Hall–Kier alpha value is -1.09. The molecule has 0 unspecified atom stereocenters. The highest BCUT2D eigenvalue weighted by molar-refractivity contribution is 5.95. The molecule has 192 valence electrons. The average Bonchev–Trinajstić information content (AvgIpc) is 3.00. The number of hydrogen-bond acceptors (Lipinski definition) is 7. The van der Waals surface area contributed by atoms with Crippen molar-refractivity contribution >= 4 is 5.78 Å². The third-order valence-electron chi connectivity index (χ3n) is 10.3. The van der Waals surface area contributed by atoms with Crippen LogP contribution in [0.4, 0.5) is 0 Å². The summed E-state index contributed by atoms with van der Waals surface area (Å²) < 4.78 is 0. The summed E-state index contributed by atoms with van der Waals surface area (Å²) in [6.45, 7) is 11.0. The van der Waals surface area contributed by atoms with Crippen LogP contribution in [0.3, 0.4) is 0 Å². The molecule has 4 rings (SSSR count). The molecule has 7 heteroatoms. The Morgan fingerprint density at radius 3 is 2.41 bits per heavy atom. The number of hydrogen-bond donors (Lipinski definition) is 6. The molecular formula is C27H42O7. The molecule has 0 spiro atoms. The second kappa shape index (κ2) is 8.22. The largest absolute Gasteiger partial charge is 0.390 e. The van der Waals surface area contributed by atoms with Crippen molar-refractivity contribution in [3.8, 4) is 0 Å². The lowest BCUT2D eigenvalue weighted by Crippen LogP contribution is -2.61. The fourth-order valence-corrected chi connectivity index (χ4v) is 7.85. The molecule has 0 radical (unpaired) electrons. The highest BCUT2D eigenvalue weighted by Crippen LogP contribution is 2.67. The van der Waals surface area contributed by atoms with Crippen molar-refractivity contribution in [3.05, 3.63) is 23.8 Å². The van der Waals surface area contributed by atoms with Crippen molar-refractivity contribution in [3.63, 3.8) is 0 Å². The molecule has 0 aromatic rings. The van der Waals surface area contributed by atoms with E-state index < -0.39 is 46.4 Å². The maximum absolute atomic E-state index is 13.2. The van der Waals surface area contributed by atoms with E-state index in [9.17, 15) is 35.4 Å². The van der Waals surface area contributed by atoms with Crippen LogP contribution in [0.1, 0.15) is 72.6 Å². The topological polar surface area (TPSA) is 138 Å². The zero-order valence-corrected chi connectivity index (χ0v) is 20.9. The molecule has 0 heterocycles. The van der Waals surface area contributed by atoms with Gasteiger partial charge in [-0.3, -0.25) is 4.79 Å². The minimum absolute atomic E-state index is 0.0550. The van der Waals surface area contributed by atoms with Crippen LogP contribution in [-0.2, 0) is 4.79 Å². The predicted molar refractivity (Wildman–Crippen MR) is 127 cm³/mol. The molecule has 34 heavy (non-hydrogen) atoms. The van der Waals surface area contributed by atoms with Gasteiger partial charge in [-0.1, -0.05) is 20.4 Å². The van der Waals surface area contributed by atoms with E-state index in [0.29, 0.717) is 43.3 Å². The number of aliphatic hydroxyl groups excluding tert-OH is 4. The number of carbonyl (C=O) groups excluding carboxylic acids is 1. The fraction of sp³-hybridized carbons (Fsp3) is 0.815. The van der Waals surface area contributed by atoms with Crippen LogP contribution in [0.25, 0.3) is 0 Å². The Labute approximate surface area is 202 Å². The number of carbonyl (C=O) groups is 1. The van der Waals surface area contributed by atoms with Crippen LogP contribution >= 0.6 is 0 Å². The van der Waals surface area contributed by atoms with Crippen LogP contribution in [0.15, 0.2) is 23.8 Å². The maximum atomic E-state index is 13.2. The van der Waals surface area contributed by atoms with Gasteiger partial charge in [0.05, 0.1) is 35.6 Å². The highest BCUT2D eigenvalue weighted by atomic mass is 16.3. The third kappa shape index (κ3) is 3.66. The first-order valence-electron chi connectivity index (χ1n) is 12.7. The van der Waals surface area contributed by atoms with E-state index in [4.69, 9.17) is 0 Å². The average molecular weight is 479 g/mol. The van der Waals surface area contributed by atoms with Crippen molar-refractivity contribution in [1.82, 2.24) is 0 Å². The zero-order chi connectivity index (χ0) is 25.4. The van der Waals surface area contributed by atoms with Crippen molar-refractivity contribution in [2.45, 2.75) is 108 Å². The lowest BCUT2D eigenvalue weighted by atomic mass is 9.46. The monoisotopic (exact) mass is 478 g/mol. The molecule has 6 N–H and O–H groups in total. The first-order valence-corrected chi connectivity index (χ1v) is 12.7. The van der Waals surface area contributed by atoms with Crippen LogP contribution in [0, 0.1) is 28.6 Å². The maximum Gasteiger partial charge on any atom is 0.159 e. The van der Waals surface area contributed by atoms with Gasteiger partial charge < -0.3 is 30.6 Å². The van der Waals surface area contributed by atoms with Gasteiger partial charge in [0.25, 0.3) is 0 Å².